The molecule has 1 atom stereocenters. The van der Waals surface area contributed by atoms with Gasteiger partial charge in [-0.15, -0.1) is 5.92 Å². The smallest absolute Gasteiger partial charge is 0.165 e. The van der Waals surface area contributed by atoms with Gasteiger partial charge in [0.05, 0.1) is 6.10 Å². The van der Waals surface area contributed by atoms with Crippen molar-refractivity contribution in [2.75, 3.05) is 6.61 Å². The van der Waals surface area contributed by atoms with Gasteiger partial charge in [0.2, 0.25) is 0 Å². The lowest BCUT2D eigenvalue weighted by atomic mass is 10.1. The van der Waals surface area contributed by atoms with Gasteiger partial charge in [-0.1, -0.05) is 12.0 Å². The molecule has 0 aliphatic heterocycles. The monoisotopic (exact) mass is 208 g/mol. The summed E-state index contributed by atoms with van der Waals surface area (Å²) in [4.78, 5) is 0. The van der Waals surface area contributed by atoms with Gasteiger partial charge in [-0.3, -0.25) is 0 Å². The molecule has 0 fully saturated rings. The summed E-state index contributed by atoms with van der Waals surface area (Å²) in [7, 11) is 0. The molecule has 1 unspecified atom stereocenters. The van der Waals surface area contributed by atoms with Gasteiger partial charge >= 0.3 is 0 Å². The van der Waals surface area contributed by atoms with E-state index in [9.17, 15) is 9.50 Å². The van der Waals surface area contributed by atoms with Gasteiger partial charge < -0.3 is 9.84 Å². The number of aliphatic hydroxyl groups is 1. The fraction of sp³-hybridized carbons (Fsp3) is 0.333. The quantitative estimate of drug-likeness (QED) is 0.772. The summed E-state index contributed by atoms with van der Waals surface area (Å²) >= 11 is 0. The predicted octanol–water partition coefficient (Wildman–Crippen LogP) is 2.28. The molecule has 1 rings (SSSR count). The molecular weight excluding hydrogens is 195 g/mol. The maximum atomic E-state index is 13.4. The zero-order chi connectivity index (χ0) is 11.3. The largest absolute Gasteiger partial charge is 0.478 e. The number of rotatable bonds is 3. The molecule has 80 valence electrons. The maximum absolute atomic E-state index is 13.4. The van der Waals surface area contributed by atoms with Crippen molar-refractivity contribution in [1.29, 1.82) is 0 Å². The van der Waals surface area contributed by atoms with E-state index >= 15 is 0 Å². The second-order valence-corrected chi connectivity index (χ2v) is 3.08. The van der Waals surface area contributed by atoms with Gasteiger partial charge in [0.1, 0.15) is 6.61 Å². The van der Waals surface area contributed by atoms with Crippen molar-refractivity contribution in [2.45, 2.75) is 20.0 Å². The Hall–Kier alpha value is -1.53. The van der Waals surface area contributed by atoms with Crippen LogP contribution in [0.25, 0.3) is 0 Å². The Morgan fingerprint density at radius 2 is 2.27 bits per heavy atom. The molecule has 0 heterocycles. The molecule has 1 aromatic carbocycles. The Labute approximate surface area is 88.7 Å². The number of aliphatic hydroxyl groups excluding tert-OH is 1. The molecule has 1 aromatic rings. The van der Waals surface area contributed by atoms with Gasteiger partial charge in [0, 0.05) is 0 Å². The summed E-state index contributed by atoms with van der Waals surface area (Å²) in [5.41, 5.74) is 0.529. The molecule has 0 aliphatic rings. The van der Waals surface area contributed by atoms with E-state index in [1.807, 2.05) is 0 Å². The Bertz CT molecular complexity index is 388. The topological polar surface area (TPSA) is 29.5 Å². The normalized spacial score (nSPS) is 11.5. The highest BCUT2D eigenvalue weighted by molar-refractivity contribution is 5.30. The number of halogens is 1. The first-order chi connectivity index (χ1) is 7.15. The highest BCUT2D eigenvalue weighted by Crippen LogP contribution is 2.21. The first-order valence-electron chi connectivity index (χ1n) is 4.65. The molecular formula is C12H13FO2. The zero-order valence-corrected chi connectivity index (χ0v) is 8.75. The van der Waals surface area contributed by atoms with Gasteiger partial charge in [-0.2, -0.15) is 0 Å². The molecule has 15 heavy (non-hydrogen) atoms. The molecule has 0 amide bonds. The average molecular weight is 208 g/mol. The van der Waals surface area contributed by atoms with Crippen LogP contribution in [0.3, 0.4) is 0 Å². The number of hydrogen-bond acceptors (Lipinski definition) is 2. The van der Waals surface area contributed by atoms with Gasteiger partial charge in [-0.25, -0.2) is 4.39 Å². The van der Waals surface area contributed by atoms with E-state index in [4.69, 9.17) is 4.74 Å². The van der Waals surface area contributed by atoms with Gasteiger partial charge in [-0.05, 0) is 31.5 Å². The van der Waals surface area contributed by atoms with Crippen LogP contribution in [-0.2, 0) is 0 Å². The molecule has 3 heteroatoms. The fourth-order valence-electron chi connectivity index (χ4n) is 1.08. The highest BCUT2D eigenvalue weighted by Gasteiger charge is 2.07. The molecule has 0 bridgehead atoms. The summed E-state index contributed by atoms with van der Waals surface area (Å²) in [6, 6.07) is 4.39. The summed E-state index contributed by atoms with van der Waals surface area (Å²) in [6.45, 7) is 3.44. The van der Waals surface area contributed by atoms with Crippen molar-refractivity contribution >= 4 is 0 Å². The van der Waals surface area contributed by atoms with Crippen LogP contribution in [0, 0.1) is 17.7 Å². The minimum Gasteiger partial charge on any atom is -0.478 e. The molecule has 0 saturated carbocycles. The Morgan fingerprint density at radius 1 is 1.53 bits per heavy atom. The molecule has 0 saturated heterocycles. The summed E-state index contributed by atoms with van der Waals surface area (Å²) in [5.74, 6) is 5.00. The van der Waals surface area contributed by atoms with Crippen LogP contribution in [0.2, 0.25) is 0 Å². The molecule has 0 radical (unpaired) electrons. The van der Waals surface area contributed by atoms with Crippen molar-refractivity contribution < 1.29 is 14.2 Å². The van der Waals surface area contributed by atoms with Crippen molar-refractivity contribution in [2.24, 2.45) is 0 Å². The number of ether oxygens (including phenoxy) is 1. The third kappa shape index (κ3) is 3.26. The van der Waals surface area contributed by atoms with Crippen LogP contribution in [0.5, 0.6) is 5.75 Å². The van der Waals surface area contributed by atoms with Crippen LogP contribution in [0.1, 0.15) is 25.5 Å². The minimum atomic E-state index is -0.677. The van der Waals surface area contributed by atoms with Crippen molar-refractivity contribution in [3.8, 4) is 17.6 Å². The Balaban J connectivity index is 2.77. The molecule has 2 nitrogen and oxygen atoms in total. The predicted molar refractivity (Wildman–Crippen MR) is 56.0 cm³/mol. The standard InChI is InChI=1S/C12H13FO2/c1-3-4-7-15-12-6-5-10(9(2)14)8-11(12)13/h5-6,8-9,14H,7H2,1-2H3. The van der Waals surface area contributed by atoms with E-state index in [2.05, 4.69) is 11.8 Å². The van der Waals surface area contributed by atoms with Crippen LogP contribution in [0.4, 0.5) is 4.39 Å². The highest BCUT2D eigenvalue weighted by atomic mass is 19.1. The SMILES string of the molecule is CC#CCOc1ccc(C(C)O)cc1F. The Kier molecular flexibility index (Phi) is 4.14. The Morgan fingerprint density at radius 3 is 2.80 bits per heavy atom. The summed E-state index contributed by atoms with van der Waals surface area (Å²) in [5, 5.41) is 9.22. The zero-order valence-electron chi connectivity index (χ0n) is 8.75. The first kappa shape index (κ1) is 11.5. The maximum Gasteiger partial charge on any atom is 0.165 e. The van der Waals surface area contributed by atoms with Crippen LogP contribution in [0.15, 0.2) is 18.2 Å². The van der Waals surface area contributed by atoms with E-state index in [0.29, 0.717) is 5.56 Å². The number of benzene rings is 1. The summed E-state index contributed by atoms with van der Waals surface area (Å²) < 4.78 is 18.4. The van der Waals surface area contributed by atoms with E-state index in [-0.39, 0.29) is 12.4 Å². The molecule has 0 aromatic heterocycles. The second kappa shape index (κ2) is 5.38. The molecule has 0 aliphatic carbocycles. The molecule has 0 spiro atoms. The van der Waals surface area contributed by atoms with Crippen molar-refractivity contribution in [3.63, 3.8) is 0 Å². The van der Waals surface area contributed by atoms with Crippen LogP contribution >= 0.6 is 0 Å². The fourth-order valence-corrected chi connectivity index (χ4v) is 1.08. The lowest BCUT2D eigenvalue weighted by Gasteiger charge is -2.07. The van der Waals surface area contributed by atoms with Crippen molar-refractivity contribution in [3.05, 3.63) is 29.6 Å². The van der Waals surface area contributed by atoms with Crippen LogP contribution in [-0.4, -0.2) is 11.7 Å². The first-order valence-corrected chi connectivity index (χ1v) is 4.65. The van der Waals surface area contributed by atoms with Gasteiger partial charge in [0.15, 0.2) is 11.6 Å². The van der Waals surface area contributed by atoms with Crippen molar-refractivity contribution in [1.82, 2.24) is 0 Å². The van der Waals surface area contributed by atoms with E-state index in [1.54, 1.807) is 19.9 Å². The van der Waals surface area contributed by atoms with Crippen LogP contribution < -0.4 is 4.74 Å². The van der Waals surface area contributed by atoms with Gasteiger partial charge in [0.25, 0.3) is 0 Å². The third-order valence-electron chi connectivity index (χ3n) is 1.91. The second-order valence-electron chi connectivity index (χ2n) is 3.08. The van der Waals surface area contributed by atoms with E-state index < -0.39 is 11.9 Å². The third-order valence-corrected chi connectivity index (χ3v) is 1.91. The molecule has 1 N–H and O–H groups in total. The minimum absolute atomic E-state index is 0.155. The van der Waals surface area contributed by atoms with E-state index in [1.165, 1.54) is 12.1 Å². The lowest BCUT2D eigenvalue weighted by molar-refractivity contribution is 0.198. The lowest BCUT2D eigenvalue weighted by Crippen LogP contribution is -1.98. The number of hydrogen-bond donors (Lipinski definition) is 1. The van der Waals surface area contributed by atoms with E-state index in [0.717, 1.165) is 0 Å². The average Bonchev–Trinajstić information content (AvgIpc) is 2.20. The summed E-state index contributed by atoms with van der Waals surface area (Å²) in [6.07, 6.45) is -0.677.